The molecule has 0 aromatic carbocycles. The third kappa shape index (κ3) is 3.04. The molecule has 2 aliphatic heterocycles. The van der Waals surface area contributed by atoms with Gasteiger partial charge in [-0.2, -0.15) is 0 Å². The van der Waals surface area contributed by atoms with Gasteiger partial charge in [0.15, 0.2) is 0 Å². The van der Waals surface area contributed by atoms with E-state index in [9.17, 15) is 9.59 Å². The van der Waals surface area contributed by atoms with Crippen molar-refractivity contribution in [1.29, 1.82) is 0 Å². The summed E-state index contributed by atoms with van der Waals surface area (Å²) in [6.45, 7) is 2.88. The highest BCUT2D eigenvalue weighted by molar-refractivity contribution is 5.97. The molecule has 96 valence electrons. The number of hydrogen-bond acceptors (Lipinski definition) is 4. The molecule has 0 spiro atoms. The smallest absolute Gasteiger partial charge is 0.243 e. The van der Waals surface area contributed by atoms with E-state index < -0.39 is 0 Å². The molecule has 5 nitrogen and oxygen atoms in total. The van der Waals surface area contributed by atoms with Gasteiger partial charge < -0.3 is 5.32 Å². The second-order valence-electron chi connectivity index (χ2n) is 4.91. The van der Waals surface area contributed by atoms with Crippen LogP contribution >= 0.6 is 0 Å². The van der Waals surface area contributed by atoms with Crippen molar-refractivity contribution in [2.24, 2.45) is 0 Å². The van der Waals surface area contributed by atoms with Crippen LogP contribution in [0.1, 0.15) is 25.7 Å². The Kier molecular flexibility index (Phi) is 4.12. The molecule has 1 unspecified atom stereocenters. The molecule has 0 bridgehead atoms. The first-order chi connectivity index (χ1) is 8.20. The SMILES string of the molecule is CNC1CCCN(CC(=O)N2CCCC2=O)C1. The Labute approximate surface area is 102 Å². The minimum Gasteiger partial charge on any atom is -0.316 e. The van der Waals surface area contributed by atoms with Gasteiger partial charge in [0.25, 0.3) is 0 Å². The standard InChI is InChI=1S/C12H21N3O2/c1-13-10-4-2-6-14(8-10)9-12(17)15-7-3-5-11(15)16/h10,13H,2-9H2,1H3. The van der Waals surface area contributed by atoms with Gasteiger partial charge in [-0.1, -0.05) is 0 Å². The lowest BCUT2D eigenvalue weighted by atomic mass is 10.1. The van der Waals surface area contributed by atoms with Crippen LogP contribution in [0.5, 0.6) is 0 Å². The quantitative estimate of drug-likeness (QED) is 0.742. The minimum absolute atomic E-state index is 0.00261. The zero-order chi connectivity index (χ0) is 12.3. The Morgan fingerprint density at radius 1 is 1.41 bits per heavy atom. The maximum atomic E-state index is 12.0. The van der Waals surface area contributed by atoms with Gasteiger partial charge in [-0.3, -0.25) is 19.4 Å². The largest absolute Gasteiger partial charge is 0.316 e. The van der Waals surface area contributed by atoms with E-state index in [0.717, 1.165) is 25.9 Å². The highest BCUT2D eigenvalue weighted by Gasteiger charge is 2.28. The fourth-order valence-electron chi connectivity index (χ4n) is 2.62. The average Bonchev–Trinajstić information content (AvgIpc) is 2.76. The summed E-state index contributed by atoms with van der Waals surface area (Å²) in [5.41, 5.74) is 0. The lowest BCUT2D eigenvalue weighted by molar-refractivity contribution is -0.142. The summed E-state index contributed by atoms with van der Waals surface area (Å²) in [6, 6.07) is 0.478. The van der Waals surface area contributed by atoms with E-state index >= 15 is 0 Å². The van der Waals surface area contributed by atoms with Gasteiger partial charge in [0.1, 0.15) is 0 Å². The Balaban J connectivity index is 1.83. The van der Waals surface area contributed by atoms with Crippen LogP contribution in [0.4, 0.5) is 0 Å². The predicted molar refractivity (Wildman–Crippen MR) is 64.5 cm³/mol. The number of carbonyl (C=O) groups excluding carboxylic acids is 2. The van der Waals surface area contributed by atoms with E-state index in [1.807, 2.05) is 7.05 Å². The summed E-state index contributed by atoms with van der Waals surface area (Å²) in [5.74, 6) is -0.0265. The Morgan fingerprint density at radius 3 is 2.88 bits per heavy atom. The van der Waals surface area contributed by atoms with Gasteiger partial charge in [-0.15, -0.1) is 0 Å². The zero-order valence-corrected chi connectivity index (χ0v) is 10.4. The van der Waals surface area contributed by atoms with Crippen molar-refractivity contribution >= 4 is 11.8 Å². The van der Waals surface area contributed by atoms with Gasteiger partial charge in [0.2, 0.25) is 11.8 Å². The molecule has 2 amide bonds. The summed E-state index contributed by atoms with van der Waals surface area (Å²) in [6.07, 6.45) is 3.64. The van der Waals surface area contributed by atoms with Crippen molar-refractivity contribution in [2.75, 3.05) is 33.2 Å². The normalized spacial score (nSPS) is 26.5. The molecule has 0 radical (unpaired) electrons. The van der Waals surface area contributed by atoms with E-state index in [-0.39, 0.29) is 11.8 Å². The fourth-order valence-corrected chi connectivity index (χ4v) is 2.62. The van der Waals surface area contributed by atoms with Crippen LogP contribution in [0, 0.1) is 0 Å². The molecule has 0 saturated carbocycles. The molecule has 5 heteroatoms. The molecule has 0 aromatic heterocycles. The molecule has 2 aliphatic rings. The molecule has 1 atom stereocenters. The number of nitrogens with zero attached hydrogens (tertiary/aromatic N) is 2. The second kappa shape index (κ2) is 5.60. The summed E-state index contributed by atoms with van der Waals surface area (Å²) in [4.78, 5) is 27.0. The molecule has 2 rings (SSSR count). The molecule has 17 heavy (non-hydrogen) atoms. The molecule has 2 heterocycles. The van der Waals surface area contributed by atoms with Gasteiger partial charge in [-0.05, 0) is 32.9 Å². The third-order valence-electron chi connectivity index (χ3n) is 3.65. The first-order valence-corrected chi connectivity index (χ1v) is 6.43. The monoisotopic (exact) mass is 239 g/mol. The maximum absolute atomic E-state index is 12.0. The number of amides is 2. The number of likely N-dealkylation sites (tertiary alicyclic amines) is 2. The van der Waals surface area contributed by atoms with Crippen LogP contribution in [0.3, 0.4) is 0 Å². The van der Waals surface area contributed by atoms with Crippen LogP contribution in [0.2, 0.25) is 0 Å². The van der Waals surface area contributed by atoms with Crippen LogP contribution in [0.15, 0.2) is 0 Å². The first-order valence-electron chi connectivity index (χ1n) is 6.43. The minimum atomic E-state index is -0.0238. The number of likely N-dealkylation sites (N-methyl/N-ethyl adjacent to an activating group) is 1. The summed E-state index contributed by atoms with van der Waals surface area (Å²) >= 11 is 0. The molecule has 2 fully saturated rings. The molecule has 2 saturated heterocycles. The molecule has 1 N–H and O–H groups in total. The van der Waals surface area contributed by atoms with Crippen LogP contribution in [0.25, 0.3) is 0 Å². The van der Waals surface area contributed by atoms with Gasteiger partial charge >= 0.3 is 0 Å². The van der Waals surface area contributed by atoms with Crippen LogP contribution in [-0.2, 0) is 9.59 Å². The van der Waals surface area contributed by atoms with Gasteiger partial charge in [0.05, 0.1) is 6.54 Å². The highest BCUT2D eigenvalue weighted by atomic mass is 16.2. The lowest BCUT2D eigenvalue weighted by Gasteiger charge is -2.32. The number of hydrogen-bond donors (Lipinski definition) is 1. The maximum Gasteiger partial charge on any atom is 0.243 e. The highest BCUT2D eigenvalue weighted by Crippen LogP contribution is 2.13. The summed E-state index contributed by atoms with van der Waals surface area (Å²) in [7, 11) is 1.96. The molecular formula is C12H21N3O2. The first kappa shape index (κ1) is 12.5. The van der Waals surface area contributed by atoms with E-state index in [2.05, 4.69) is 10.2 Å². The van der Waals surface area contributed by atoms with E-state index in [0.29, 0.717) is 25.6 Å². The Hall–Kier alpha value is -0.940. The molecular weight excluding hydrogens is 218 g/mol. The second-order valence-corrected chi connectivity index (χ2v) is 4.91. The topological polar surface area (TPSA) is 52.7 Å². The van der Waals surface area contributed by atoms with E-state index in [1.165, 1.54) is 11.3 Å². The zero-order valence-electron chi connectivity index (χ0n) is 10.4. The van der Waals surface area contributed by atoms with Crippen molar-refractivity contribution in [2.45, 2.75) is 31.7 Å². The average molecular weight is 239 g/mol. The number of piperidine rings is 1. The van der Waals surface area contributed by atoms with E-state index in [4.69, 9.17) is 0 Å². The van der Waals surface area contributed by atoms with Crippen molar-refractivity contribution in [3.05, 3.63) is 0 Å². The summed E-state index contributed by atoms with van der Waals surface area (Å²) in [5, 5.41) is 3.25. The van der Waals surface area contributed by atoms with Gasteiger partial charge in [-0.25, -0.2) is 0 Å². The lowest BCUT2D eigenvalue weighted by Crippen LogP contribution is -2.48. The van der Waals surface area contributed by atoms with Crippen molar-refractivity contribution in [3.8, 4) is 0 Å². The number of carbonyl (C=O) groups is 2. The summed E-state index contributed by atoms with van der Waals surface area (Å²) < 4.78 is 0. The molecule has 0 aliphatic carbocycles. The van der Waals surface area contributed by atoms with Crippen molar-refractivity contribution in [3.63, 3.8) is 0 Å². The van der Waals surface area contributed by atoms with Crippen LogP contribution < -0.4 is 5.32 Å². The number of rotatable bonds is 3. The van der Waals surface area contributed by atoms with E-state index in [1.54, 1.807) is 0 Å². The fraction of sp³-hybridized carbons (Fsp3) is 0.833. The van der Waals surface area contributed by atoms with Crippen molar-refractivity contribution in [1.82, 2.24) is 15.1 Å². The molecule has 0 aromatic rings. The Bertz CT molecular complexity index is 306. The number of nitrogens with one attached hydrogen (secondary N) is 1. The van der Waals surface area contributed by atoms with Crippen molar-refractivity contribution < 1.29 is 9.59 Å². The van der Waals surface area contributed by atoms with Crippen LogP contribution in [-0.4, -0.2) is 60.9 Å². The third-order valence-corrected chi connectivity index (χ3v) is 3.65. The number of imide groups is 1. The Morgan fingerprint density at radius 2 is 2.24 bits per heavy atom. The van der Waals surface area contributed by atoms with Gasteiger partial charge in [0, 0.05) is 25.6 Å². The predicted octanol–water partition coefficient (Wildman–Crippen LogP) is -0.181.